The van der Waals surface area contributed by atoms with Gasteiger partial charge in [-0.2, -0.15) is 0 Å². The molecule has 128 valence electrons. The average molecular weight is 318 g/mol. The fourth-order valence-electron chi connectivity index (χ4n) is 3.32. The van der Waals surface area contributed by atoms with Gasteiger partial charge in [0.1, 0.15) is 5.75 Å². The largest absolute Gasteiger partial charge is 0.494 e. The maximum Gasteiger partial charge on any atom is 0.222 e. The lowest BCUT2D eigenvalue weighted by molar-refractivity contribution is -0.133. The number of ether oxygens (including phenoxy) is 1. The van der Waals surface area contributed by atoms with Crippen LogP contribution in [-0.2, 0) is 4.79 Å². The monoisotopic (exact) mass is 318 g/mol. The maximum absolute atomic E-state index is 11.5. The summed E-state index contributed by atoms with van der Waals surface area (Å²) in [5.74, 6) is 1.85. The summed E-state index contributed by atoms with van der Waals surface area (Å²) in [6, 6.07) is 6.34. The Kier molecular flexibility index (Phi) is 6.46. The molecule has 1 unspecified atom stereocenters. The Bertz CT molecular complexity index is 510. The molecule has 0 spiro atoms. The normalized spacial score (nSPS) is 18.6. The molecule has 23 heavy (non-hydrogen) atoms. The third kappa shape index (κ3) is 5.87. The molecule has 0 saturated carbocycles. The van der Waals surface area contributed by atoms with Gasteiger partial charge in [-0.3, -0.25) is 4.79 Å². The van der Waals surface area contributed by atoms with E-state index in [1.807, 2.05) is 11.9 Å². The van der Waals surface area contributed by atoms with Crippen LogP contribution in [0.3, 0.4) is 0 Å². The molecule has 2 rings (SSSR count). The number of aryl methyl sites for hydroxylation is 2. The van der Waals surface area contributed by atoms with E-state index >= 15 is 0 Å². The van der Waals surface area contributed by atoms with Crippen LogP contribution < -0.4 is 4.74 Å². The van der Waals surface area contributed by atoms with Crippen LogP contribution in [0.4, 0.5) is 0 Å². The van der Waals surface area contributed by atoms with Crippen LogP contribution in [0.5, 0.6) is 5.75 Å². The lowest BCUT2D eigenvalue weighted by Gasteiger charge is -2.32. The minimum Gasteiger partial charge on any atom is -0.494 e. The van der Waals surface area contributed by atoms with Gasteiger partial charge in [-0.15, -0.1) is 0 Å². The quantitative estimate of drug-likeness (QED) is 0.725. The van der Waals surface area contributed by atoms with Gasteiger partial charge in [0, 0.05) is 33.1 Å². The van der Waals surface area contributed by atoms with Crippen molar-refractivity contribution in [2.45, 2.75) is 33.1 Å². The molecule has 4 nitrogen and oxygen atoms in total. The highest BCUT2D eigenvalue weighted by atomic mass is 16.5. The molecule has 0 radical (unpaired) electrons. The van der Waals surface area contributed by atoms with Gasteiger partial charge in [-0.25, -0.2) is 0 Å². The molecule has 0 aliphatic carbocycles. The second-order valence-electron chi connectivity index (χ2n) is 6.97. The van der Waals surface area contributed by atoms with Crippen molar-refractivity contribution < 1.29 is 9.53 Å². The summed E-state index contributed by atoms with van der Waals surface area (Å²) < 4.78 is 5.86. The molecular weight excluding hydrogens is 288 g/mol. The minimum atomic E-state index is 0.283. The Morgan fingerprint density at radius 3 is 2.61 bits per heavy atom. The van der Waals surface area contributed by atoms with Crippen LogP contribution in [0.25, 0.3) is 0 Å². The van der Waals surface area contributed by atoms with Crippen molar-refractivity contribution in [1.29, 1.82) is 0 Å². The van der Waals surface area contributed by atoms with E-state index in [4.69, 9.17) is 4.74 Å². The summed E-state index contributed by atoms with van der Waals surface area (Å²) in [7, 11) is 4.07. The average Bonchev–Trinajstić information content (AvgIpc) is 2.46. The van der Waals surface area contributed by atoms with E-state index in [1.165, 1.54) is 11.1 Å². The lowest BCUT2D eigenvalue weighted by Crippen LogP contribution is -2.41. The van der Waals surface area contributed by atoms with E-state index in [0.29, 0.717) is 12.3 Å². The Balaban J connectivity index is 1.65. The van der Waals surface area contributed by atoms with Crippen molar-refractivity contribution in [2.75, 3.05) is 40.3 Å². The van der Waals surface area contributed by atoms with Gasteiger partial charge in [-0.05, 0) is 62.9 Å². The van der Waals surface area contributed by atoms with Gasteiger partial charge in [0.15, 0.2) is 0 Å². The van der Waals surface area contributed by atoms with E-state index in [2.05, 4.69) is 44.0 Å². The smallest absolute Gasteiger partial charge is 0.222 e. The predicted octanol–water partition coefficient (Wildman–Crippen LogP) is 2.87. The molecule has 4 heteroatoms. The second kappa shape index (κ2) is 8.34. The molecule has 0 bridgehead atoms. The number of benzene rings is 1. The highest BCUT2D eigenvalue weighted by molar-refractivity contribution is 5.76. The van der Waals surface area contributed by atoms with Crippen LogP contribution in [0, 0.1) is 19.8 Å². The standard InChI is InChI=1S/C19H30N2O2/c1-15-10-16(2)12-18(11-15)23-9-5-8-20(3)13-17-6-7-19(22)21(4)14-17/h10-12,17H,5-9,13-14H2,1-4H3. The van der Waals surface area contributed by atoms with Crippen molar-refractivity contribution in [3.05, 3.63) is 29.3 Å². The first-order valence-corrected chi connectivity index (χ1v) is 8.57. The number of rotatable bonds is 7. The van der Waals surface area contributed by atoms with Crippen LogP contribution >= 0.6 is 0 Å². The van der Waals surface area contributed by atoms with E-state index < -0.39 is 0 Å². The molecule has 1 saturated heterocycles. The molecule has 1 aliphatic rings. The van der Waals surface area contributed by atoms with Gasteiger partial charge in [0.2, 0.25) is 5.91 Å². The number of carbonyl (C=O) groups excluding carboxylic acids is 1. The Hall–Kier alpha value is -1.55. The van der Waals surface area contributed by atoms with Crippen LogP contribution in [0.2, 0.25) is 0 Å². The number of hydrogen-bond donors (Lipinski definition) is 0. The van der Waals surface area contributed by atoms with E-state index in [9.17, 15) is 4.79 Å². The van der Waals surface area contributed by atoms with Gasteiger partial charge in [0.25, 0.3) is 0 Å². The maximum atomic E-state index is 11.5. The fourth-order valence-corrected chi connectivity index (χ4v) is 3.32. The van der Waals surface area contributed by atoms with Crippen molar-refractivity contribution in [3.8, 4) is 5.75 Å². The molecule has 1 amide bonds. The summed E-state index contributed by atoms with van der Waals surface area (Å²) in [4.78, 5) is 15.7. The highest BCUT2D eigenvalue weighted by Crippen LogP contribution is 2.18. The van der Waals surface area contributed by atoms with Gasteiger partial charge in [0.05, 0.1) is 6.61 Å². The third-order valence-corrected chi connectivity index (χ3v) is 4.44. The fraction of sp³-hybridized carbons (Fsp3) is 0.632. The Morgan fingerprint density at radius 1 is 1.26 bits per heavy atom. The number of likely N-dealkylation sites (tertiary alicyclic amines) is 1. The van der Waals surface area contributed by atoms with Gasteiger partial charge < -0.3 is 14.5 Å². The van der Waals surface area contributed by atoms with E-state index in [-0.39, 0.29) is 5.91 Å². The predicted molar refractivity (Wildman–Crippen MR) is 93.9 cm³/mol. The molecule has 0 aromatic heterocycles. The zero-order valence-corrected chi connectivity index (χ0v) is 15.0. The molecule has 1 atom stereocenters. The minimum absolute atomic E-state index is 0.283. The van der Waals surface area contributed by atoms with Crippen molar-refractivity contribution in [3.63, 3.8) is 0 Å². The van der Waals surface area contributed by atoms with E-state index in [1.54, 1.807) is 0 Å². The van der Waals surface area contributed by atoms with Crippen molar-refractivity contribution in [2.24, 2.45) is 5.92 Å². The molecule has 1 fully saturated rings. The molecule has 1 aromatic rings. The zero-order chi connectivity index (χ0) is 16.8. The molecular formula is C19H30N2O2. The topological polar surface area (TPSA) is 32.8 Å². The number of piperidine rings is 1. The summed E-state index contributed by atoms with van der Waals surface area (Å²) >= 11 is 0. The lowest BCUT2D eigenvalue weighted by atomic mass is 9.97. The molecule has 1 aliphatic heterocycles. The summed E-state index contributed by atoms with van der Waals surface area (Å²) in [6.45, 7) is 7.91. The molecule has 1 aromatic carbocycles. The first-order chi connectivity index (χ1) is 10.9. The summed E-state index contributed by atoms with van der Waals surface area (Å²) in [6.07, 6.45) is 2.74. The summed E-state index contributed by atoms with van der Waals surface area (Å²) in [5.41, 5.74) is 2.49. The van der Waals surface area contributed by atoms with Crippen molar-refractivity contribution >= 4 is 5.91 Å². The van der Waals surface area contributed by atoms with E-state index in [0.717, 1.165) is 44.8 Å². The first kappa shape index (κ1) is 17.8. The number of hydrogen-bond acceptors (Lipinski definition) is 3. The Labute approximate surface area is 140 Å². The van der Waals surface area contributed by atoms with Gasteiger partial charge >= 0.3 is 0 Å². The zero-order valence-electron chi connectivity index (χ0n) is 15.0. The number of carbonyl (C=O) groups is 1. The van der Waals surface area contributed by atoms with Crippen molar-refractivity contribution in [1.82, 2.24) is 9.80 Å². The van der Waals surface area contributed by atoms with Crippen LogP contribution in [-0.4, -0.2) is 56.0 Å². The number of nitrogens with zero attached hydrogens (tertiary/aromatic N) is 2. The SMILES string of the molecule is Cc1cc(C)cc(OCCCN(C)CC2CCC(=O)N(C)C2)c1. The Morgan fingerprint density at radius 2 is 1.96 bits per heavy atom. The van der Waals surface area contributed by atoms with Gasteiger partial charge in [-0.1, -0.05) is 6.07 Å². The number of amides is 1. The highest BCUT2D eigenvalue weighted by Gasteiger charge is 2.23. The molecule has 0 N–H and O–H groups in total. The van der Waals surface area contributed by atoms with Crippen LogP contribution in [0.15, 0.2) is 18.2 Å². The first-order valence-electron chi connectivity index (χ1n) is 8.57. The third-order valence-electron chi connectivity index (χ3n) is 4.44. The second-order valence-corrected chi connectivity index (χ2v) is 6.97. The summed E-state index contributed by atoms with van der Waals surface area (Å²) in [5, 5.41) is 0. The molecule has 1 heterocycles. The van der Waals surface area contributed by atoms with Crippen LogP contribution in [0.1, 0.15) is 30.4 Å².